The normalized spacial score (nSPS) is 12.2. The Bertz CT molecular complexity index is 551. The number of nitrogens with two attached hydrogens (primary N) is 1. The first-order chi connectivity index (χ1) is 9.10. The van der Waals surface area contributed by atoms with Crippen LogP contribution in [-0.2, 0) is 6.42 Å². The van der Waals surface area contributed by atoms with Crippen molar-refractivity contribution in [2.45, 2.75) is 19.4 Å². The lowest BCUT2D eigenvalue weighted by Crippen LogP contribution is -2.14. The maximum atomic E-state index is 6.32. The second kappa shape index (κ2) is 6.22. The van der Waals surface area contributed by atoms with E-state index in [1.165, 1.54) is 16.7 Å². The number of ether oxygens (including phenoxy) is 1. The molecular formula is C16H18BrNO. The molecule has 2 N–H and O–H groups in total. The van der Waals surface area contributed by atoms with Gasteiger partial charge in [0.15, 0.2) is 0 Å². The van der Waals surface area contributed by atoms with Crippen LogP contribution in [0.15, 0.2) is 46.9 Å². The van der Waals surface area contributed by atoms with E-state index in [9.17, 15) is 0 Å². The number of hydrogen-bond donors (Lipinski definition) is 1. The van der Waals surface area contributed by atoms with Gasteiger partial charge >= 0.3 is 0 Å². The van der Waals surface area contributed by atoms with Crippen LogP contribution in [0.3, 0.4) is 0 Å². The lowest BCUT2D eigenvalue weighted by molar-refractivity contribution is 0.414. The molecule has 0 aliphatic carbocycles. The van der Waals surface area contributed by atoms with Gasteiger partial charge in [-0.15, -0.1) is 0 Å². The van der Waals surface area contributed by atoms with E-state index in [1.807, 2.05) is 18.2 Å². The van der Waals surface area contributed by atoms with Crippen LogP contribution in [0, 0.1) is 6.92 Å². The number of benzene rings is 2. The van der Waals surface area contributed by atoms with Gasteiger partial charge in [0.25, 0.3) is 0 Å². The molecule has 1 atom stereocenters. The molecule has 0 saturated heterocycles. The predicted molar refractivity (Wildman–Crippen MR) is 82.5 cm³/mol. The fraction of sp³-hybridized carbons (Fsp3) is 0.250. The lowest BCUT2D eigenvalue weighted by Gasteiger charge is -2.15. The molecule has 0 saturated carbocycles. The minimum absolute atomic E-state index is 0.00546. The molecule has 2 nitrogen and oxygen atoms in total. The van der Waals surface area contributed by atoms with E-state index in [0.717, 1.165) is 16.6 Å². The van der Waals surface area contributed by atoms with E-state index in [1.54, 1.807) is 7.11 Å². The maximum absolute atomic E-state index is 6.32. The lowest BCUT2D eigenvalue weighted by atomic mass is 9.96. The Balaban J connectivity index is 2.15. The number of aryl methyl sites for hydroxylation is 1. The average molecular weight is 320 g/mol. The van der Waals surface area contributed by atoms with Crippen LogP contribution in [-0.4, -0.2) is 7.11 Å². The predicted octanol–water partition coefficient (Wildman–Crippen LogP) is 4.01. The number of hydrogen-bond acceptors (Lipinski definition) is 2. The third-order valence-corrected chi connectivity index (χ3v) is 3.75. The SMILES string of the molecule is COc1ccc(CC(N)c2cc(Br)ccc2C)cc1. The van der Waals surface area contributed by atoms with Crippen LogP contribution in [0.1, 0.15) is 22.7 Å². The molecule has 2 aromatic carbocycles. The van der Waals surface area contributed by atoms with Gasteiger partial charge in [-0.3, -0.25) is 0 Å². The van der Waals surface area contributed by atoms with E-state index < -0.39 is 0 Å². The summed E-state index contributed by atoms with van der Waals surface area (Å²) in [5.41, 5.74) is 9.94. The first-order valence-electron chi connectivity index (χ1n) is 6.24. The Morgan fingerprint density at radius 2 is 1.84 bits per heavy atom. The van der Waals surface area contributed by atoms with Crippen LogP contribution in [0.2, 0.25) is 0 Å². The number of halogens is 1. The van der Waals surface area contributed by atoms with Gasteiger partial charge in [0, 0.05) is 10.5 Å². The highest BCUT2D eigenvalue weighted by Crippen LogP contribution is 2.24. The zero-order valence-electron chi connectivity index (χ0n) is 11.2. The molecule has 2 rings (SSSR count). The second-order valence-electron chi connectivity index (χ2n) is 4.66. The summed E-state index contributed by atoms with van der Waals surface area (Å²) in [6, 6.07) is 14.3. The van der Waals surface area contributed by atoms with Crippen molar-refractivity contribution in [1.29, 1.82) is 0 Å². The first-order valence-corrected chi connectivity index (χ1v) is 7.04. The van der Waals surface area contributed by atoms with Gasteiger partial charge in [0.2, 0.25) is 0 Å². The fourth-order valence-electron chi connectivity index (χ4n) is 2.14. The van der Waals surface area contributed by atoms with Crippen molar-refractivity contribution in [1.82, 2.24) is 0 Å². The summed E-state index contributed by atoms with van der Waals surface area (Å²) in [5, 5.41) is 0. The minimum Gasteiger partial charge on any atom is -0.497 e. The largest absolute Gasteiger partial charge is 0.497 e. The van der Waals surface area contributed by atoms with Crippen molar-refractivity contribution < 1.29 is 4.74 Å². The molecule has 0 bridgehead atoms. The van der Waals surface area contributed by atoms with Gasteiger partial charge in [0.05, 0.1) is 7.11 Å². The molecule has 0 radical (unpaired) electrons. The van der Waals surface area contributed by atoms with Gasteiger partial charge in [-0.2, -0.15) is 0 Å². The Labute approximate surface area is 122 Å². The highest BCUT2D eigenvalue weighted by Gasteiger charge is 2.10. The van der Waals surface area contributed by atoms with Crippen LogP contribution >= 0.6 is 15.9 Å². The molecule has 100 valence electrons. The van der Waals surface area contributed by atoms with Crippen molar-refractivity contribution in [2.24, 2.45) is 5.73 Å². The van der Waals surface area contributed by atoms with Gasteiger partial charge < -0.3 is 10.5 Å². The van der Waals surface area contributed by atoms with Crippen molar-refractivity contribution in [3.05, 3.63) is 63.6 Å². The summed E-state index contributed by atoms with van der Waals surface area (Å²) in [6.07, 6.45) is 0.821. The van der Waals surface area contributed by atoms with Gasteiger partial charge in [-0.05, 0) is 54.3 Å². The number of rotatable bonds is 4. The van der Waals surface area contributed by atoms with Gasteiger partial charge in [0.1, 0.15) is 5.75 Å². The van der Waals surface area contributed by atoms with Gasteiger partial charge in [-0.25, -0.2) is 0 Å². The van der Waals surface area contributed by atoms with E-state index in [-0.39, 0.29) is 6.04 Å². The molecule has 0 heterocycles. The van der Waals surface area contributed by atoms with Crippen molar-refractivity contribution >= 4 is 15.9 Å². The van der Waals surface area contributed by atoms with Crippen molar-refractivity contribution in [2.75, 3.05) is 7.11 Å². The summed E-state index contributed by atoms with van der Waals surface area (Å²) in [7, 11) is 1.67. The Morgan fingerprint density at radius 1 is 1.16 bits per heavy atom. The zero-order valence-corrected chi connectivity index (χ0v) is 12.8. The molecule has 0 amide bonds. The van der Waals surface area contributed by atoms with Crippen LogP contribution < -0.4 is 10.5 Å². The molecular weight excluding hydrogens is 302 g/mol. The number of methoxy groups -OCH3 is 1. The Kier molecular flexibility index (Phi) is 4.61. The first kappa shape index (κ1) is 14.1. The third-order valence-electron chi connectivity index (χ3n) is 3.26. The second-order valence-corrected chi connectivity index (χ2v) is 5.58. The standard InChI is InChI=1S/C16H18BrNO/c1-11-3-6-13(17)10-15(11)16(18)9-12-4-7-14(19-2)8-5-12/h3-8,10,16H,9,18H2,1-2H3. The molecule has 0 spiro atoms. The monoisotopic (exact) mass is 319 g/mol. The smallest absolute Gasteiger partial charge is 0.118 e. The van der Waals surface area contributed by atoms with E-state index in [2.05, 4.69) is 47.1 Å². The molecule has 0 aromatic heterocycles. The highest BCUT2D eigenvalue weighted by atomic mass is 79.9. The molecule has 3 heteroatoms. The molecule has 1 unspecified atom stereocenters. The molecule has 19 heavy (non-hydrogen) atoms. The summed E-state index contributed by atoms with van der Waals surface area (Å²) in [4.78, 5) is 0. The Morgan fingerprint density at radius 3 is 2.47 bits per heavy atom. The van der Waals surface area contributed by atoms with Crippen molar-refractivity contribution in [3.8, 4) is 5.75 Å². The average Bonchev–Trinajstić information content (AvgIpc) is 2.42. The van der Waals surface area contributed by atoms with E-state index in [0.29, 0.717) is 0 Å². The Hall–Kier alpha value is -1.32. The van der Waals surface area contributed by atoms with Crippen LogP contribution in [0.5, 0.6) is 5.75 Å². The molecule has 0 aliphatic rings. The molecule has 0 fully saturated rings. The van der Waals surface area contributed by atoms with Crippen molar-refractivity contribution in [3.63, 3.8) is 0 Å². The molecule has 2 aromatic rings. The topological polar surface area (TPSA) is 35.2 Å². The molecule has 0 aliphatic heterocycles. The fourth-order valence-corrected chi connectivity index (χ4v) is 2.52. The van der Waals surface area contributed by atoms with Crippen LogP contribution in [0.4, 0.5) is 0 Å². The quantitative estimate of drug-likeness (QED) is 0.924. The van der Waals surface area contributed by atoms with Crippen LogP contribution in [0.25, 0.3) is 0 Å². The summed E-state index contributed by atoms with van der Waals surface area (Å²) < 4.78 is 6.22. The zero-order chi connectivity index (χ0) is 13.8. The summed E-state index contributed by atoms with van der Waals surface area (Å²) >= 11 is 3.50. The summed E-state index contributed by atoms with van der Waals surface area (Å²) in [5.74, 6) is 0.871. The van der Waals surface area contributed by atoms with E-state index in [4.69, 9.17) is 10.5 Å². The van der Waals surface area contributed by atoms with Gasteiger partial charge in [-0.1, -0.05) is 34.1 Å². The minimum atomic E-state index is 0.00546. The third kappa shape index (κ3) is 3.58. The maximum Gasteiger partial charge on any atom is 0.118 e. The van der Waals surface area contributed by atoms with E-state index >= 15 is 0 Å². The summed E-state index contributed by atoms with van der Waals surface area (Å²) in [6.45, 7) is 2.09. The highest BCUT2D eigenvalue weighted by molar-refractivity contribution is 9.10.